The van der Waals surface area contributed by atoms with Crippen LogP contribution in [-0.2, 0) is 11.2 Å². The normalized spacial score (nSPS) is 16.2. The van der Waals surface area contributed by atoms with Gasteiger partial charge in [0.1, 0.15) is 5.75 Å². The molecule has 0 radical (unpaired) electrons. The zero-order chi connectivity index (χ0) is 19.6. The second kappa shape index (κ2) is 11.0. The molecule has 7 nitrogen and oxygen atoms in total. The van der Waals surface area contributed by atoms with Crippen LogP contribution in [0.25, 0.3) is 0 Å². The zero-order valence-corrected chi connectivity index (χ0v) is 16.9. The van der Waals surface area contributed by atoms with E-state index in [-0.39, 0.29) is 5.91 Å². The minimum Gasteiger partial charge on any atom is -0.497 e. The van der Waals surface area contributed by atoms with Crippen molar-refractivity contribution in [2.45, 2.75) is 32.2 Å². The molecular formula is C19H30ClN5O2. The lowest BCUT2D eigenvalue weighted by Crippen LogP contribution is -2.49. The van der Waals surface area contributed by atoms with Crippen molar-refractivity contribution in [2.24, 2.45) is 10.7 Å². The Bertz CT molecular complexity index is 645. The summed E-state index contributed by atoms with van der Waals surface area (Å²) in [6, 6.07) is 6.06. The summed E-state index contributed by atoms with van der Waals surface area (Å²) in [5.74, 6) is 1.30. The Morgan fingerprint density at radius 2 is 2.15 bits per heavy atom. The predicted octanol–water partition coefficient (Wildman–Crippen LogP) is 1.40. The molecule has 0 spiro atoms. The number of amides is 1. The first kappa shape index (κ1) is 21.3. The van der Waals surface area contributed by atoms with Gasteiger partial charge in [0, 0.05) is 37.2 Å². The van der Waals surface area contributed by atoms with E-state index < -0.39 is 0 Å². The molecule has 0 aliphatic carbocycles. The van der Waals surface area contributed by atoms with Crippen LogP contribution in [0, 0.1) is 0 Å². The Morgan fingerprint density at radius 3 is 2.74 bits per heavy atom. The molecule has 0 saturated carbocycles. The van der Waals surface area contributed by atoms with E-state index in [0.717, 1.165) is 56.2 Å². The second-order valence-electron chi connectivity index (χ2n) is 6.63. The van der Waals surface area contributed by atoms with Crippen LogP contribution >= 0.6 is 11.6 Å². The minimum absolute atomic E-state index is 0.270. The summed E-state index contributed by atoms with van der Waals surface area (Å²) in [6.07, 6.45) is 2.68. The third-order valence-corrected chi connectivity index (χ3v) is 4.92. The number of carbonyl (C=O) groups is 1. The number of hydrogen-bond acceptors (Lipinski definition) is 4. The van der Waals surface area contributed by atoms with Gasteiger partial charge in [0.25, 0.3) is 0 Å². The first-order chi connectivity index (χ1) is 13.0. The van der Waals surface area contributed by atoms with Crippen LogP contribution in [0.4, 0.5) is 0 Å². The van der Waals surface area contributed by atoms with Crippen molar-refractivity contribution in [2.75, 3.05) is 39.8 Å². The lowest BCUT2D eigenvalue weighted by molar-refractivity contribution is -0.119. The molecule has 0 unspecified atom stereocenters. The van der Waals surface area contributed by atoms with Crippen LogP contribution in [0.15, 0.2) is 23.2 Å². The smallest absolute Gasteiger partial charge is 0.231 e. The average molecular weight is 396 g/mol. The molecule has 2 rings (SSSR count). The fraction of sp³-hybridized carbons (Fsp3) is 0.579. The molecule has 1 saturated heterocycles. The lowest BCUT2D eigenvalue weighted by atomic mass is 10.1. The molecule has 0 aromatic heterocycles. The van der Waals surface area contributed by atoms with E-state index in [9.17, 15) is 4.79 Å². The Morgan fingerprint density at radius 1 is 1.41 bits per heavy atom. The number of likely N-dealkylation sites (tertiary alicyclic amines) is 1. The summed E-state index contributed by atoms with van der Waals surface area (Å²) >= 11 is 6.29. The van der Waals surface area contributed by atoms with Crippen molar-refractivity contribution in [3.63, 3.8) is 0 Å². The van der Waals surface area contributed by atoms with Crippen molar-refractivity contribution in [1.82, 2.24) is 15.5 Å². The first-order valence-electron chi connectivity index (χ1n) is 9.39. The molecule has 4 N–H and O–H groups in total. The molecule has 1 fully saturated rings. The van der Waals surface area contributed by atoms with E-state index in [4.69, 9.17) is 22.1 Å². The van der Waals surface area contributed by atoms with E-state index >= 15 is 0 Å². The van der Waals surface area contributed by atoms with E-state index in [1.165, 1.54) is 0 Å². The number of hydrogen-bond donors (Lipinski definition) is 3. The Kier molecular flexibility index (Phi) is 8.67. The van der Waals surface area contributed by atoms with Gasteiger partial charge in [-0.15, -0.1) is 0 Å². The predicted molar refractivity (Wildman–Crippen MR) is 109 cm³/mol. The van der Waals surface area contributed by atoms with Crippen LogP contribution in [0.2, 0.25) is 5.02 Å². The molecule has 1 aliphatic heterocycles. The highest BCUT2D eigenvalue weighted by atomic mass is 35.5. The number of ether oxygens (including phenoxy) is 1. The van der Waals surface area contributed by atoms with Gasteiger partial charge < -0.3 is 21.1 Å². The molecule has 1 aliphatic rings. The fourth-order valence-corrected chi connectivity index (χ4v) is 3.38. The SMILES string of the molecule is CCNC(=NCCc1ccc(OC)cc1Cl)NC1CCN(CC(N)=O)CC1. The number of nitrogens with two attached hydrogens (primary N) is 1. The third kappa shape index (κ3) is 7.27. The topological polar surface area (TPSA) is 92.0 Å². The van der Waals surface area contributed by atoms with Crippen LogP contribution in [0.1, 0.15) is 25.3 Å². The largest absolute Gasteiger partial charge is 0.497 e. The quantitative estimate of drug-likeness (QED) is 0.457. The summed E-state index contributed by atoms with van der Waals surface area (Å²) in [5, 5.41) is 7.48. The van der Waals surface area contributed by atoms with Gasteiger partial charge in [0.2, 0.25) is 5.91 Å². The standard InChI is InChI=1S/C19H30ClN5O2/c1-3-22-19(24-15-7-10-25(11-8-15)13-18(21)26)23-9-6-14-4-5-16(27-2)12-17(14)20/h4-5,12,15H,3,6-11,13H2,1-2H3,(H2,21,26)(H2,22,23,24). The summed E-state index contributed by atoms with van der Waals surface area (Å²) in [4.78, 5) is 17.8. The first-order valence-corrected chi connectivity index (χ1v) is 9.77. The number of piperidine rings is 1. The molecule has 1 aromatic rings. The second-order valence-corrected chi connectivity index (χ2v) is 7.04. The molecule has 27 heavy (non-hydrogen) atoms. The van der Waals surface area contributed by atoms with Gasteiger partial charge in [-0.25, -0.2) is 0 Å². The number of primary amides is 1. The van der Waals surface area contributed by atoms with Crippen LogP contribution in [0.5, 0.6) is 5.75 Å². The Balaban J connectivity index is 1.84. The van der Waals surface area contributed by atoms with Crippen molar-refractivity contribution < 1.29 is 9.53 Å². The van der Waals surface area contributed by atoms with Crippen molar-refractivity contribution in [1.29, 1.82) is 0 Å². The summed E-state index contributed by atoms with van der Waals surface area (Å²) in [5.41, 5.74) is 6.32. The van der Waals surface area contributed by atoms with Crippen molar-refractivity contribution >= 4 is 23.5 Å². The number of methoxy groups -OCH3 is 1. The highest BCUT2D eigenvalue weighted by molar-refractivity contribution is 6.31. The average Bonchev–Trinajstić information content (AvgIpc) is 2.64. The number of carbonyl (C=O) groups excluding carboxylic acids is 1. The maximum atomic E-state index is 11.0. The maximum absolute atomic E-state index is 11.0. The number of rotatable bonds is 8. The van der Waals surface area contributed by atoms with Gasteiger partial charge in [0.15, 0.2) is 5.96 Å². The molecular weight excluding hydrogens is 366 g/mol. The van der Waals surface area contributed by atoms with Crippen LogP contribution < -0.4 is 21.1 Å². The summed E-state index contributed by atoms with van der Waals surface area (Å²) in [6.45, 7) is 5.55. The summed E-state index contributed by atoms with van der Waals surface area (Å²) < 4.78 is 5.18. The van der Waals surface area contributed by atoms with E-state index in [2.05, 4.69) is 20.5 Å². The van der Waals surface area contributed by atoms with Gasteiger partial charge in [0.05, 0.1) is 13.7 Å². The lowest BCUT2D eigenvalue weighted by Gasteiger charge is -2.32. The van der Waals surface area contributed by atoms with Gasteiger partial charge in [-0.2, -0.15) is 0 Å². The van der Waals surface area contributed by atoms with Gasteiger partial charge in [-0.1, -0.05) is 17.7 Å². The fourth-order valence-electron chi connectivity index (χ4n) is 3.12. The number of halogens is 1. The molecule has 1 amide bonds. The molecule has 150 valence electrons. The van der Waals surface area contributed by atoms with E-state index in [1.54, 1.807) is 7.11 Å². The number of nitrogens with zero attached hydrogens (tertiary/aromatic N) is 2. The monoisotopic (exact) mass is 395 g/mol. The van der Waals surface area contributed by atoms with Crippen LogP contribution in [-0.4, -0.2) is 62.6 Å². The Labute approximate surface area is 166 Å². The number of guanidine groups is 1. The highest BCUT2D eigenvalue weighted by Gasteiger charge is 2.20. The molecule has 8 heteroatoms. The van der Waals surface area contributed by atoms with Gasteiger partial charge >= 0.3 is 0 Å². The van der Waals surface area contributed by atoms with Gasteiger partial charge in [-0.05, 0) is 43.9 Å². The minimum atomic E-state index is -0.270. The van der Waals surface area contributed by atoms with Crippen LogP contribution in [0.3, 0.4) is 0 Å². The third-order valence-electron chi connectivity index (χ3n) is 4.56. The molecule has 0 atom stereocenters. The molecule has 1 heterocycles. The zero-order valence-electron chi connectivity index (χ0n) is 16.1. The molecule has 1 aromatic carbocycles. The van der Waals surface area contributed by atoms with E-state index in [1.807, 2.05) is 25.1 Å². The Hall–Kier alpha value is -1.99. The molecule has 0 bridgehead atoms. The van der Waals surface area contributed by atoms with Gasteiger partial charge in [-0.3, -0.25) is 14.7 Å². The number of nitrogens with one attached hydrogen (secondary N) is 2. The number of aliphatic imine (C=N–C) groups is 1. The van der Waals surface area contributed by atoms with Crippen molar-refractivity contribution in [3.05, 3.63) is 28.8 Å². The number of benzene rings is 1. The maximum Gasteiger partial charge on any atom is 0.231 e. The highest BCUT2D eigenvalue weighted by Crippen LogP contribution is 2.22. The van der Waals surface area contributed by atoms with Crippen molar-refractivity contribution in [3.8, 4) is 5.75 Å². The van der Waals surface area contributed by atoms with E-state index in [0.29, 0.717) is 24.2 Å². The summed E-state index contributed by atoms with van der Waals surface area (Å²) in [7, 11) is 1.63.